The number of nitrogens with two attached hydrogens (primary N) is 1. The molecule has 0 radical (unpaired) electrons. The number of aliphatic hydroxyl groups is 1. The zero-order valence-corrected chi connectivity index (χ0v) is 22.4. The molecule has 1 saturated heterocycles. The summed E-state index contributed by atoms with van der Waals surface area (Å²) in [5.74, 6) is -7.57. The number of nitrogens with zero attached hydrogens (tertiary/aromatic N) is 3. The van der Waals surface area contributed by atoms with Crippen molar-refractivity contribution >= 4 is 39.8 Å². The van der Waals surface area contributed by atoms with Crippen molar-refractivity contribution in [2.24, 2.45) is 0 Å². The average Bonchev–Trinajstić information content (AvgIpc) is 3.17. The Labute approximate surface area is 231 Å². The maximum absolute atomic E-state index is 14.2. The molecular formula is C21H29F2N5O12S. The number of ether oxygens (including phenoxy) is 2. The van der Waals surface area contributed by atoms with Crippen molar-refractivity contribution in [1.82, 2.24) is 19.9 Å². The Balaban J connectivity index is 1.69. The number of hydrogen-bond donors (Lipinski definition) is 4. The number of alkyl carbamates (subject to hydrolysis) is 1. The van der Waals surface area contributed by atoms with Crippen molar-refractivity contribution in [1.29, 1.82) is 0 Å². The minimum absolute atomic E-state index is 0.00110. The summed E-state index contributed by atoms with van der Waals surface area (Å²) in [6, 6.07) is 1.08. The molecule has 230 valence electrons. The van der Waals surface area contributed by atoms with Gasteiger partial charge in [-0.05, 0) is 25.8 Å². The second-order valence-electron chi connectivity index (χ2n) is 8.79. The number of hydroxylamine groups is 2. The lowest BCUT2D eigenvalue weighted by atomic mass is 10.2. The van der Waals surface area contributed by atoms with Gasteiger partial charge in [-0.2, -0.15) is 22.2 Å². The van der Waals surface area contributed by atoms with E-state index in [0.29, 0.717) is 17.4 Å². The number of hydrogen-bond acceptors (Lipinski definition) is 13. The number of unbranched alkanes of at least 4 members (excludes halogenated alkanes) is 2. The van der Waals surface area contributed by atoms with Gasteiger partial charge in [0.2, 0.25) is 6.23 Å². The Bertz CT molecular complexity index is 1290. The number of imide groups is 1. The van der Waals surface area contributed by atoms with Gasteiger partial charge in [0.25, 0.3) is 21.9 Å². The first-order valence-corrected chi connectivity index (χ1v) is 13.5. The Morgan fingerprint density at radius 2 is 1.95 bits per heavy atom. The predicted octanol–water partition coefficient (Wildman–Crippen LogP) is -0.883. The molecule has 0 saturated carbocycles. The van der Waals surface area contributed by atoms with Crippen LogP contribution in [0, 0.1) is 0 Å². The van der Waals surface area contributed by atoms with Crippen molar-refractivity contribution in [2.45, 2.75) is 62.5 Å². The highest BCUT2D eigenvalue weighted by atomic mass is 32.2. The molecule has 2 rings (SSSR count). The minimum atomic E-state index is -4.84. The van der Waals surface area contributed by atoms with E-state index >= 15 is 0 Å². The van der Waals surface area contributed by atoms with Crippen LogP contribution in [0.2, 0.25) is 0 Å². The van der Waals surface area contributed by atoms with Crippen LogP contribution >= 0.6 is 0 Å². The fourth-order valence-corrected chi connectivity index (χ4v) is 4.08. The van der Waals surface area contributed by atoms with Crippen LogP contribution in [0.5, 0.6) is 0 Å². The Kier molecular flexibility index (Phi) is 11.6. The second-order valence-corrected chi connectivity index (χ2v) is 10.4. The first kappa shape index (κ1) is 33.5. The zero-order chi connectivity index (χ0) is 31.0. The monoisotopic (exact) mass is 613 g/mol. The molecular weight excluding hydrogens is 584 g/mol. The normalized spacial score (nSPS) is 17.3. The summed E-state index contributed by atoms with van der Waals surface area (Å²) in [7, 11) is -4.84. The molecule has 0 spiro atoms. The van der Waals surface area contributed by atoms with Gasteiger partial charge in [-0.25, -0.2) is 14.4 Å². The molecule has 1 aromatic rings. The van der Waals surface area contributed by atoms with E-state index in [1.54, 1.807) is 0 Å². The highest BCUT2D eigenvalue weighted by Crippen LogP contribution is 2.30. The van der Waals surface area contributed by atoms with Gasteiger partial charge in [0.1, 0.15) is 19.0 Å². The highest BCUT2D eigenvalue weighted by molar-refractivity contribution is 7.87. The number of amides is 3. The highest BCUT2D eigenvalue weighted by Gasteiger charge is 2.48. The molecule has 17 nitrogen and oxygen atoms in total. The van der Waals surface area contributed by atoms with Crippen LogP contribution in [0.25, 0.3) is 0 Å². The number of alkyl halides is 2. The van der Waals surface area contributed by atoms with Gasteiger partial charge in [-0.15, -0.1) is 5.06 Å². The average molecular weight is 614 g/mol. The number of nitrogen functional groups attached to an aromatic ring is 1. The summed E-state index contributed by atoms with van der Waals surface area (Å²) in [6.07, 6.45) is -3.61. The molecule has 20 heteroatoms. The number of anilines is 1. The van der Waals surface area contributed by atoms with Gasteiger partial charge in [-0.1, -0.05) is 6.42 Å². The van der Waals surface area contributed by atoms with Crippen LogP contribution in [0.15, 0.2) is 17.1 Å². The van der Waals surface area contributed by atoms with Gasteiger partial charge in [0.15, 0.2) is 5.25 Å². The number of carbonyl (C=O) groups is 4. The summed E-state index contributed by atoms with van der Waals surface area (Å²) in [5.41, 5.74) is 4.20. The van der Waals surface area contributed by atoms with Crippen LogP contribution in [0.3, 0.4) is 0 Å². The Morgan fingerprint density at radius 3 is 2.54 bits per heavy atom. The SMILES string of the molecule is CC(COC(=O)NCCCCCC(=O)ON1C(=O)CC(S(=O)(=O)O)C1=O)O[C@@H](n1ccc(N)nc1=O)C(F)(F)CO. The van der Waals surface area contributed by atoms with Crippen LogP contribution in [0.1, 0.15) is 45.3 Å². The van der Waals surface area contributed by atoms with E-state index in [9.17, 15) is 41.2 Å². The van der Waals surface area contributed by atoms with E-state index in [-0.39, 0.29) is 30.3 Å². The number of aromatic nitrogens is 2. The van der Waals surface area contributed by atoms with E-state index in [1.165, 1.54) is 6.92 Å². The van der Waals surface area contributed by atoms with Gasteiger partial charge in [0.05, 0.1) is 12.5 Å². The molecule has 2 heterocycles. The molecule has 1 aliphatic heterocycles. The fraction of sp³-hybridized carbons (Fsp3) is 0.619. The first-order chi connectivity index (χ1) is 19.1. The van der Waals surface area contributed by atoms with E-state index < -0.39 is 82.8 Å². The summed E-state index contributed by atoms with van der Waals surface area (Å²) < 4.78 is 70.1. The third-order valence-corrected chi connectivity index (χ3v) is 6.52. The maximum Gasteiger partial charge on any atom is 0.407 e. The lowest BCUT2D eigenvalue weighted by molar-refractivity contribution is -0.213. The van der Waals surface area contributed by atoms with Crippen molar-refractivity contribution in [3.63, 3.8) is 0 Å². The van der Waals surface area contributed by atoms with Crippen molar-refractivity contribution in [3.05, 3.63) is 22.7 Å². The van der Waals surface area contributed by atoms with Crippen molar-refractivity contribution in [3.8, 4) is 0 Å². The fourth-order valence-electron chi connectivity index (χ4n) is 3.37. The van der Waals surface area contributed by atoms with E-state index in [1.807, 2.05) is 0 Å². The summed E-state index contributed by atoms with van der Waals surface area (Å²) in [6.45, 7) is -0.781. The number of nitrogens with one attached hydrogen (secondary N) is 1. The van der Waals surface area contributed by atoms with Gasteiger partial charge in [0, 0.05) is 19.2 Å². The summed E-state index contributed by atoms with van der Waals surface area (Å²) in [5, 5.41) is 9.39. The van der Waals surface area contributed by atoms with Gasteiger partial charge >= 0.3 is 23.7 Å². The van der Waals surface area contributed by atoms with Crippen LogP contribution < -0.4 is 16.7 Å². The van der Waals surface area contributed by atoms with Crippen LogP contribution in [-0.4, -0.2) is 93.6 Å². The van der Waals surface area contributed by atoms with E-state index in [2.05, 4.69) is 15.1 Å². The van der Waals surface area contributed by atoms with Crippen molar-refractivity contribution in [2.75, 3.05) is 25.5 Å². The molecule has 1 aliphatic rings. The Hall–Kier alpha value is -3.75. The molecule has 3 atom stereocenters. The lowest BCUT2D eigenvalue weighted by Gasteiger charge is -2.29. The number of aliphatic hydroxyl groups excluding tert-OH is 1. The lowest BCUT2D eigenvalue weighted by Crippen LogP contribution is -2.43. The smallest absolute Gasteiger partial charge is 0.407 e. The number of rotatable bonds is 15. The molecule has 0 aromatic carbocycles. The quantitative estimate of drug-likeness (QED) is 0.107. The molecule has 5 N–H and O–H groups in total. The maximum atomic E-state index is 14.2. The summed E-state index contributed by atoms with van der Waals surface area (Å²) in [4.78, 5) is 67.1. The predicted molar refractivity (Wildman–Crippen MR) is 130 cm³/mol. The van der Waals surface area contributed by atoms with E-state index in [0.717, 1.165) is 12.3 Å². The standard InChI is InChI=1S/C21H29F2N5O12S/c1-12(39-18(21(22,23)11-29)27-8-6-14(24)26-19(27)33)10-38-20(34)25-7-4-2-3-5-16(31)40-28-15(30)9-13(17(28)32)41(35,36)37/h6,8,12-13,18,29H,2-5,7,9-11H2,1H3,(H,25,34)(H2,24,26,33)(H,35,36,37)/t12?,13?,18-/m1/s1. The van der Waals surface area contributed by atoms with Gasteiger partial charge in [-0.3, -0.25) is 18.7 Å². The topological polar surface area (TPSA) is 247 Å². The van der Waals surface area contributed by atoms with Crippen LogP contribution in [0.4, 0.5) is 19.4 Å². The van der Waals surface area contributed by atoms with Gasteiger partial charge < -0.3 is 30.5 Å². The molecule has 3 amide bonds. The zero-order valence-electron chi connectivity index (χ0n) is 21.6. The van der Waals surface area contributed by atoms with Crippen molar-refractivity contribution < 1.29 is 60.3 Å². The molecule has 1 fully saturated rings. The number of halogens is 2. The molecule has 2 unspecified atom stereocenters. The van der Waals surface area contributed by atoms with E-state index in [4.69, 9.17) is 24.9 Å². The third kappa shape index (κ3) is 9.69. The largest absolute Gasteiger partial charge is 0.447 e. The second kappa shape index (κ2) is 14.2. The molecule has 1 aromatic heterocycles. The molecule has 0 aliphatic carbocycles. The summed E-state index contributed by atoms with van der Waals surface area (Å²) >= 11 is 0. The number of carbonyl (C=O) groups excluding carboxylic acids is 4. The Morgan fingerprint density at radius 1 is 1.27 bits per heavy atom. The van der Waals surface area contributed by atoms with Crippen LogP contribution in [-0.2, 0) is 38.8 Å². The molecule has 41 heavy (non-hydrogen) atoms. The first-order valence-electron chi connectivity index (χ1n) is 12.0. The molecule has 0 bridgehead atoms. The minimum Gasteiger partial charge on any atom is -0.447 e. The third-order valence-electron chi connectivity index (χ3n) is 5.43.